The number of hydrogen-bond acceptors (Lipinski definition) is 4. The molecule has 0 saturated heterocycles. The van der Waals surface area contributed by atoms with Crippen LogP contribution in [0.25, 0.3) is 0 Å². The first-order valence-corrected chi connectivity index (χ1v) is 10.2. The molecule has 0 atom stereocenters. The molecule has 1 N–H and O–H groups in total. The van der Waals surface area contributed by atoms with Crippen LogP contribution in [0.3, 0.4) is 0 Å². The van der Waals surface area contributed by atoms with Gasteiger partial charge in [0.2, 0.25) is 0 Å². The smallest absolute Gasteiger partial charge is 0.268 e. The first-order chi connectivity index (χ1) is 12.8. The van der Waals surface area contributed by atoms with E-state index in [1.807, 2.05) is 64.1 Å². The van der Waals surface area contributed by atoms with Gasteiger partial charge in [-0.1, -0.05) is 6.07 Å². The lowest BCUT2D eigenvalue weighted by molar-refractivity contribution is 0.0995. The van der Waals surface area contributed by atoms with Crippen molar-refractivity contribution in [3.63, 3.8) is 0 Å². The van der Waals surface area contributed by atoms with Crippen LogP contribution in [0.2, 0.25) is 0 Å². The summed E-state index contributed by atoms with van der Waals surface area (Å²) in [7, 11) is 1.75. The number of carbonyl (C=O) groups is 2. The minimum Gasteiger partial charge on any atom is -0.321 e. The summed E-state index contributed by atoms with van der Waals surface area (Å²) in [5.74, 6) is -0.184. The van der Waals surface area contributed by atoms with Gasteiger partial charge in [-0.15, -0.1) is 22.7 Å². The summed E-state index contributed by atoms with van der Waals surface area (Å²) in [6.07, 6.45) is 0. The fourth-order valence-corrected chi connectivity index (χ4v) is 4.57. The average Bonchev–Trinajstić information content (AvgIpc) is 3.16. The Morgan fingerprint density at radius 2 is 1.48 bits per heavy atom. The summed E-state index contributed by atoms with van der Waals surface area (Å²) < 4.78 is 0. The molecule has 1 aromatic carbocycles. The molecule has 0 saturated carbocycles. The third kappa shape index (κ3) is 4.12. The maximum absolute atomic E-state index is 12.8. The van der Waals surface area contributed by atoms with Gasteiger partial charge in [0, 0.05) is 28.2 Å². The van der Waals surface area contributed by atoms with E-state index in [2.05, 4.69) is 5.32 Å². The van der Waals surface area contributed by atoms with Crippen LogP contribution in [0, 0.1) is 27.7 Å². The molecule has 0 bridgehead atoms. The molecule has 3 rings (SSSR count). The molecule has 2 aromatic heterocycles. The molecule has 0 radical (unpaired) electrons. The van der Waals surface area contributed by atoms with Crippen molar-refractivity contribution in [1.82, 2.24) is 0 Å². The summed E-state index contributed by atoms with van der Waals surface area (Å²) in [5.41, 5.74) is 3.64. The highest BCUT2D eigenvalue weighted by Gasteiger charge is 2.17. The number of rotatable bonds is 4. The Morgan fingerprint density at radius 3 is 2.04 bits per heavy atom. The third-order valence-corrected chi connectivity index (χ3v) is 6.85. The van der Waals surface area contributed by atoms with Crippen molar-refractivity contribution in [3.05, 3.63) is 67.0 Å². The molecule has 3 aromatic rings. The number of amides is 2. The molecular formula is C21H22N2O2S2. The lowest BCUT2D eigenvalue weighted by Crippen LogP contribution is -2.25. The topological polar surface area (TPSA) is 49.4 Å². The Bertz CT molecular complexity index is 978. The Morgan fingerprint density at radius 1 is 0.889 bits per heavy atom. The second kappa shape index (κ2) is 7.66. The van der Waals surface area contributed by atoms with Crippen molar-refractivity contribution < 1.29 is 9.59 Å². The average molecular weight is 399 g/mol. The Labute approximate surface area is 167 Å². The van der Waals surface area contributed by atoms with Crippen LogP contribution in [0.5, 0.6) is 0 Å². The molecule has 140 valence electrons. The van der Waals surface area contributed by atoms with Crippen molar-refractivity contribution >= 4 is 45.9 Å². The van der Waals surface area contributed by atoms with Gasteiger partial charge >= 0.3 is 0 Å². The van der Waals surface area contributed by atoms with Crippen molar-refractivity contribution in [1.29, 1.82) is 0 Å². The van der Waals surface area contributed by atoms with E-state index >= 15 is 0 Å². The summed E-state index contributed by atoms with van der Waals surface area (Å²) in [6.45, 7) is 8.03. The summed E-state index contributed by atoms with van der Waals surface area (Å²) in [4.78, 5) is 30.5. The third-order valence-electron chi connectivity index (χ3n) is 4.56. The van der Waals surface area contributed by atoms with Crippen LogP contribution in [-0.2, 0) is 0 Å². The maximum atomic E-state index is 12.8. The largest absolute Gasteiger partial charge is 0.321 e. The zero-order valence-corrected chi connectivity index (χ0v) is 17.7. The lowest BCUT2D eigenvalue weighted by atomic mass is 10.2. The lowest BCUT2D eigenvalue weighted by Gasteiger charge is -2.17. The van der Waals surface area contributed by atoms with Gasteiger partial charge in [0.15, 0.2) is 0 Å². The van der Waals surface area contributed by atoms with Crippen molar-refractivity contribution in [3.8, 4) is 0 Å². The highest BCUT2D eigenvalue weighted by atomic mass is 32.1. The summed E-state index contributed by atoms with van der Waals surface area (Å²) >= 11 is 2.98. The number of hydrogen-bond donors (Lipinski definition) is 1. The van der Waals surface area contributed by atoms with E-state index in [4.69, 9.17) is 0 Å². The van der Waals surface area contributed by atoms with Crippen molar-refractivity contribution in [2.75, 3.05) is 17.3 Å². The van der Waals surface area contributed by atoms with Crippen molar-refractivity contribution in [2.45, 2.75) is 27.7 Å². The number of nitrogens with zero attached hydrogens (tertiary/aromatic N) is 1. The van der Waals surface area contributed by atoms with Crippen LogP contribution < -0.4 is 10.2 Å². The van der Waals surface area contributed by atoms with E-state index in [0.717, 1.165) is 26.6 Å². The summed E-state index contributed by atoms with van der Waals surface area (Å²) in [5, 5.41) is 2.92. The van der Waals surface area contributed by atoms with Crippen LogP contribution in [0.1, 0.15) is 40.2 Å². The summed E-state index contributed by atoms with van der Waals surface area (Å²) in [6, 6.07) is 11.2. The van der Waals surface area contributed by atoms with Gasteiger partial charge < -0.3 is 10.2 Å². The van der Waals surface area contributed by atoms with Crippen LogP contribution in [-0.4, -0.2) is 18.9 Å². The van der Waals surface area contributed by atoms with Crippen LogP contribution in [0.15, 0.2) is 36.4 Å². The Balaban J connectivity index is 1.78. The van der Waals surface area contributed by atoms with Gasteiger partial charge in [-0.05, 0) is 69.2 Å². The second-order valence-corrected chi connectivity index (χ2v) is 9.08. The van der Waals surface area contributed by atoms with Crippen LogP contribution in [0.4, 0.5) is 11.4 Å². The van der Waals surface area contributed by atoms with E-state index < -0.39 is 0 Å². The van der Waals surface area contributed by atoms with E-state index in [1.165, 1.54) is 22.7 Å². The molecule has 0 spiro atoms. The monoisotopic (exact) mass is 398 g/mol. The molecule has 4 nitrogen and oxygen atoms in total. The van der Waals surface area contributed by atoms with Gasteiger partial charge in [-0.2, -0.15) is 0 Å². The minimum atomic E-state index is -0.133. The molecule has 0 aliphatic rings. The van der Waals surface area contributed by atoms with Gasteiger partial charge in [0.1, 0.15) is 0 Å². The molecule has 0 unspecified atom stereocenters. The Kier molecular flexibility index (Phi) is 5.48. The van der Waals surface area contributed by atoms with Gasteiger partial charge in [-0.25, -0.2) is 0 Å². The Hall–Kier alpha value is -2.44. The highest BCUT2D eigenvalue weighted by Crippen LogP contribution is 2.26. The molecule has 2 amide bonds. The number of nitrogens with one attached hydrogen (secondary N) is 1. The van der Waals surface area contributed by atoms with E-state index in [9.17, 15) is 9.59 Å². The van der Waals surface area contributed by atoms with E-state index in [0.29, 0.717) is 15.4 Å². The second-order valence-electron chi connectivity index (χ2n) is 6.57. The molecule has 0 aliphatic carbocycles. The number of aryl methyl sites for hydroxylation is 4. The maximum Gasteiger partial charge on any atom is 0.268 e. The highest BCUT2D eigenvalue weighted by molar-refractivity contribution is 7.14. The van der Waals surface area contributed by atoms with E-state index in [-0.39, 0.29) is 11.8 Å². The normalized spacial score (nSPS) is 10.7. The van der Waals surface area contributed by atoms with Gasteiger partial charge in [0.25, 0.3) is 11.8 Å². The van der Waals surface area contributed by atoms with E-state index in [1.54, 1.807) is 11.9 Å². The number of anilines is 2. The number of benzene rings is 1. The first kappa shape index (κ1) is 19.3. The molecule has 0 aliphatic heterocycles. The number of carbonyl (C=O) groups excluding carboxylic acids is 2. The molecule has 0 fully saturated rings. The fraction of sp³-hybridized carbons (Fsp3) is 0.238. The quantitative estimate of drug-likeness (QED) is 0.624. The standard InChI is InChI=1S/C21H22N2O2S2/c1-12-9-18(26-14(12)3)20(24)22-16-7-6-8-17(11-16)23(5)21(25)19-10-13(2)15(4)27-19/h6-11H,1-5H3,(H,22,24). The van der Waals surface area contributed by atoms with Gasteiger partial charge in [-0.3, -0.25) is 9.59 Å². The predicted molar refractivity (Wildman–Crippen MR) is 115 cm³/mol. The molecule has 6 heteroatoms. The number of thiophene rings is 2. The molecule has 27 heavy (non-hydrogen) atoms. The fourth-order valence-electron chi connectivity index (χ4n) is 2.63. The minimum absolute atomic E-state index is 0.0517. The van der Waals surface area contributed by atoms with Crippen LogP contribution >= 0.6 is 22.7 Å². The zero-order chi connectivity index (χ0) is 19.7. The molecule has 2 heterocycles. The predicted octanol–water partition coefficient (Wildman–Crippen LogP) is 5.57. The molecular weight excluding hydrogens is 376 g/mol. The van der Waals surface area contributed by atoms with Gasteiger partial charge in [0.05, 0.1) is 9.75 Å². The zero-order valence-electron chi connectivity index (χ0n) is 16.0. The first-order valence-electron chi connectivity index (χ1n) is 8.60. The van der Waals surface area contributed by atoms with Crippen molar-refractivity contribution in [2.24, 2.45) is 0 Å². The SMILES string of the molecule is Cc1cc(C(=O)Nc2cccc(N(C)C(=O)c3cc(C)c(C)s3)c2)sc1C.